The summed E-state index contributed by atoms with van der Waals surface area (Å²) in [4.78, 5) is 2.32. The number of allylic oxidation sites excluding steroid dienone is 4. The van der Waals surface area contributed by atoms with E-state index in [2.05, 4.69) is 108 Å². The first-order valence-corrected chi connectivity index (χ1v) is 12.5. The Hall–Kier alpha value is -4.55. The molecule has 7 rings (SSSR count). The third kappa shape index (κ3) is 2.85. The first-order valence-electron chi connectivity index (χ1n) is 12.5. The predicted molar refractivity (Wildman–Crippen MR) is 149 cm³/mol. The lowest BCUT2D eigenvalue weighted by Gasteiger charge is -2.27. The highest BCUT2D eigenvalue weighted by Crippen LogP contribution is 2.51. The number of rotatable bonds is 4. The first kappa shape index (κ1) is 20.8. The first-order chi connectivity index (χ1) is 17.7. The second-order valence-electron chi connectivity index (χ2n) is 9.94. The van der Waals surface area contributed by atoms with Gasteiger partial charge >= 0.3 is 0 Å². The van der Waals surface area contributed by atoms with Crippen LogP contribution in [0.2, 0.25) is 0 Å². The van der Waals surface area contributed by atoms with Crippen molar-refractivity contribution in [1.29, 1.82) is 5.26 Å². The molecule has 3 heteroatoms. The number of benzene rings is 4. The fourth-order valence-corrected chi connectivity index (χ4v) is 5.89. The highest BCUT2D eigenvalue weighted by Gasteiger charge is 2.33. The molecular formula is C33H25N3. The molecule has 1 aliphatic carbocycles. The molecule has 36 heavy (non-hydrogen) atoms. The standard InChI is InChI=1S/C33H25N3/c1-21(2)23-14-18-25(19-15-23)35(24-16-12-22(20-34)13-17-24)30-10-5-11-31-32(30)28-8-3-7-27-26-6-4-9-29(26)36(31)33(27)28/h3-19,21,26H,1-2H3. The minimum atomic E-state index is 0.343. The molecule has 0 saturated heterocycles. The van der Waals surface area contributed by atoms with Crippen molar-refractivity contribution in [3.63, 3.8) is 0 Å². The minimum Gasteiger partial charge on any atom is -0.312 e. The fourth-order valence-electron chi connectivity index (χ4n) is 5.89. The lowest BCUT2D eigenvalue weighted by atomic mass is 9.97. The molecule has 0 N–H and O–H groups in total. The number of aromatic nitrogens is 1. The predicted octanol–water partition coefficient (Wildman–Crippen LogP) is 8.77. The Kier molecular flexibility index (Phi) is 4.46. The van der Waals surface area contributed by atoms with Crippen molar-refractivity contribution >= 4 is 44.6 Å². The van der Waals surface area contributed by atoms with Crippen molar-refractivity contribution < 1.29 is 0 Å². The number of hydrogen-bond donors (Lipinski definition) is 0. The van der Waals surface area contributed by atoms with Gasteiger partial charge in [0.2, 0.25) is 0 Å². The van der Waals surface area contributed by atoms with E-state index >= 15 is 0 Å². The molecule has 1 aliphatic heterocycles. The van der Waals surface area contributed by atoms with Crippen molar-refractivity contribution in [3.05, 3.63) is 120 Å². The maximum absolute atomic E-state index is 9.38. The molecule has 0 spiro atoms. The summed E-state index contributed by atoms with van der Waals surface area (Å²) >= 11 is 0. The molecule has 2 heterocycles. The summed E-state index contributed by atoms with van der Waals surface area (Å²) in [6, 6.07) is 32.3. The fraction of sp³-hybridized carbons (Fsp3) is 0.121. The molecular weight excluding hydrogens is 438 g/mol. The van der Waals surface area contributed by atoms with Crippen molar-refractivity contribution in [3.8, 4) is 6.07 Å². The van der Waals surface area contributed by atoms with Gasteiger partial charge in [0.25, 0.3) is 0 Å². The average Bonchev–Trinajstić information content (AvgIpc) is 3.60. The van der Waals surface area contributed by atoms with Crippen molar-refractivity contribution in [2.75, 3.05) is 4.90 Å². The molecule has 0 saturated carbocycles. The van der Waals surface area contributed by atoms with Gasteiger partial charge in [-0.3, -0.25) is 0 Å². The lowest BCUT2D eigenvalue weighted by molar-refractivity contribution is 0.866. The van der Waals surface area contributed by atoms with Crippen LogP contribution in [0.5, 0.6) is 0 Å². The molecule has 0 fully saturated rings. The molecule has 2 aliphatic rings. The van der Waals surface area contributed by atoms with E-state index in [9.17, 15) is 5.26 Å². The minimum absolute atomic E-state index is 0.343. The van der Waals surface area contributed by atoms with Crippen LogP contribution in [-0.4, -0.2) is 4.57 Å². The average molecular weight is 464 g/mol. The smallest absolute Gasteiger partial charge is 0.0991 e. The Labute approximate surface area is 210 Å². The van der Waals surface area contributed by atoms with E-state index in [0.29, 0.717) is 17.4 Å². The number of fused-ring (bicyclic) bond motifs is 6. The molecule has 0 amide bonds. The van der Waals surface area contributed by atoms with Gasteiger partial charge in [-0.15, -0.1) is 0 Å². The van der Waals surface area contributed by atoms with Crippen LogP contribution in [-0.2, 0) is 0 Å². The number of hydrogen-bond acceptors (Lipinski definition) is 2. The zero-order valence-electron chi connectivity index (χ0n) is 20.3. The molecule has 4 aromatic carbocycles. The summed E-state index contributed by atoms with van der Waals surface area (Å²) < 4.78 is 2.45. The van der Waals surface area contributed by atoms with Gasteiger partial charge in [0.05, 0.1) is 28.4 Å². The van der Waals surface area contributed by atoms with Crippen molar-refractivity contribution in [2.24, 2.45) is 0 Å². The molecule has 1 unspecified atom stereocenters. The highest BCUT2D eigenvalue weighted by molar-refractivity contribution is 6.19. The maximum atomic E-state index is 9.38. The monoisotopic (exact) mass is 463 g/mol. The van der Waals surface area contributed by atoms with Crippen LogP contribution in [0.15, 0.2) is 103 Å². The molecule has 5 aromatic rings. The van der Waals surface area contributed by atoms with Gasteiger partial charge in [0, 0.05) is 33.8 Å². The quantitative estimate of drug-likeness (QED) is 0.267. The third-order valence-corrected chi connectivity index (χ3v) is 7.62. The Morgan fingerprint density at radius 3 is 2.31 bits per heavy atom. The summed E-state index contributed by atoms with van der Waals surface area (Å²) in [6.45, 7) is 4.44. The van der Waals surface area contributed by atoms with Crippen LogP contribution in [0, 0.1) is 11.3 Å². The Morgan fingerprint density at radius 1 is 0.861 bits per heavy atom. The van der Waals surface area contributed by atoms with Crippen molar-refractivity contribution in [1.82, 2.24) is 4.57 Å². The van der Waals surface area contributed by atoms with Crippen LogP contribution in [0.3, 0.4) is 0 Å². The van der Waals surface area contributed by atoms with Gasteiger partial charge in [0.1, 0.15) is 0 Å². The molecule has 3 nitrogen and oxygen atoms in total. The van der Waals surface area contributed by atoms with E-state index in [-0.39, 0.29) is 0 Å². The number of nitriles is 1. The van der Waals surface area contributed by atoms with Gasteiger partial charge in [-0.1, -0.05) is 62.4 Å². The topological polar surface area (TPSA) is 32.0 Å². The van der Waals surface area contributed by atoms with Gasteiger partial charge in [-0.05, 0) is 71.7 Å². The lowest BCUT2D eigenvalue weighted by Crippen LogP contribution is -2.10. The van der Waals surface area contributed by atoms with Crippen LogP contribution in [0.1, 0.15) is 42.4 Å². The maximum Gasteiger partial charge on any atom is 0.0991 e. The van der Waals surface area contributed by atoms with Crippen LogP contribution in [0.25, 0.3) is 27.5 Å². The van der Waals surface area contributed by atoms with Crippen LogP contribution < -0.4 is 4.90 Å². The van der Waals surface area contributed by atoms with Crippen LogP contribution in [0.4, 0.5) is 17.1 Å². The van der Waals surface area contributed by atoms with Gasteiger partial charge in [-0.25, -0.2) is 0 Å². The Bertz CT molecular complexity index is 1760. The molecule has 0 radical (unpaired) electrons. The summed E-state index contributed by atoms with van der Waals surface area (Å²) in [5, 5.41) is 11.9. The molecule has 1 aromatic heterocycles. The summed E-state index contributed by atoms with van der Waals surface area (Å²) in [5.74, 6) is 0.816. The van der Waals surface area contributed by atoms with E-state index in [0.717, 1.165) is 17.1 Å². The van der Waals surface area contributed by atoms with E-state index in [4.69, 9.17) is 0 Å². The summed E-state index contributed by atoms with van der Waals surface area (Å²) in [6.07, 6.45) is 6.72. The van der Waals surface area contributed by atoms with Crippen LogP contribution >= 0.6 is 0 Å². The van der Waals surface area contributed by atoms with E-state index in [1.165, 1.54) is 38.6 Å². The van der Waals surface area contributed by atoms with E-state index in [1.54, 1.807) is 0 Å². The third-order valence-electron chi connectivity index (χ3n) is 7.62. The SMILES string of the molecule is CC(C)c1ccc(N(c2ccc(C#N)cc2)c2cccc3c2c2cccc4c2n3C2=CC=CC24)cc1. The summed E-state index contributed by atoms with van der Waals surface area (Å²) in [7, 11) is 0. The van der Waals surface area contributed by atoms with Crippen molar-refractivity contribution in [2.45, 2.75) is 25.7 Å². The second kappa shape index (κ2) is 7.73. The van der Waals surface area contributed by atoms with Gasteiger partial charge in [-0.2, -0.15) is 5.26 Å². The largest absolute Gasteiger partial charge is 0.312 e. The highest BCUT2D eigenvalue weighted by atomic mass is 15.1. The number of para-hydroxylation sites is 1. The molecule has 1 atom stereocenters. The van der Waals surface area contributed by atoms with E-state index in [1.807, 2.05) is 24.3 Å². The molecule has 0 bridgehead atoms. The second-order valence-corrected chi connectivity index (χ2v) is 9.94. The van der Waals surface area contributed by atoms with Gasteiger partial charge in [0.15, 0.2) is 0 Å². The number of anilines is 3. The molecule has 172 valence electrons. The Morgan fingerprint density at radius 2 is 1.58 bits per heavy atom. The normalized spacial score (nSPS) is 15.5. The zero-order chi connectivity index (χ0) is 24.4. The van der Waals surface area contributed by atoms with Gasteiger partial charge < -0.3 is 9.47 Å². The Balaban J connectivity index is 1.52. The van der Waals surface area contributed by atoms with E-state index < -0.39 is 0 Å². The summed E-state index contributed by atoms with van der Waals surface area (Å²) in [5.41, 5.74) is 10.5. The number of nitrogens with zero attached hydrogens (tertiary/aromatic N) is 3. The zero-order valence-corrected chi connectivity index (χ0v) is 20.3.